The fraction of sp³-hybridized carbons (Fsp3) is 0.400. The Balaban J connectivity index is 1.60. The molecular weight excluding hydrogens is 272 g/mol. The Bertz CT molecular complexity index is 528. The Morgan fingerprint density at radius 2 is 2.15 bits per heavy atom. The molecule has 2 aromatic rings. The number of hydrogen-bond acceptors (Lipinski definition) is 5. The van der Waals surface area contributed by atoms with Crippen molar-refractivity contribution in [3.63, 3.8) is 0 Å². The second-order valence-corrected chi connectivity index (χ2v) is 5.36. The molecule has 0 fully saturated rings. The largest absolute Gasteiger partial charge is 0.491 e. The summed E-state index contributed by atoms with van der Waals surface area (Å²) in [5.74, 6) is 0.842. The van der Waals surface area contributed by atoms with E-state index in [2.05, 4.69) is 4.98 Å². The van der Waals surface area contributed by atoms with Crippen LogP contribution in [0.25, 0.3) is 0 Å². The lowest BCUT2D eigenvalue weighted by Gasteiger charge is -2.08. The highest BCUT2D eigenvalue weighted by Crippen LogP contribution is 2.13. The number of benzene rings is 1. The van der Waals surface area contributed by atoms with Crippen molar-refractivity contribution in [2.45, 2.75) is 19.9 Å². The van der Waals surface area contributed by atoms with Gasteiger partial charge < -0.3 is 15.2 Å². The molecule has 2 N–H and O–H groups in total. The molecule has 0 amide bonds. The molecule has 0 aliphatic rings. The van der Waals surface area contributed by atoms with Crippen molar-refractivity contribution in [3.05, 3.63) is 45.9 Å². The highest BCUT2D eigenvalue weighted by atomic mass is 32.1. The van der Waals surface area contributed by atoms with Gasteiger partial charge in [0.2, 0.25) is 0 Å². The van der Waals surface area contributed by atoms with E-state index in [0.717, 1.165) is 23.4 Å². The molecule has 1 aromatic heterocycles. The smallest absolute Gasteiger partial charge is 0.119 e. The molecule has 0 unspecified atom stereocenters. The minimum atomic E-state index is 0.530. The summed E-state index contributed by atoms with van der Waals surface area (Å²) in [6.07, 6.45) is 0.916. The Labute approximate surface area is 123 Å². The lowest BCUT2D eigenvalue weighted by atomic mass is 10.2. The lowest BCUT2D eigenvalue weighted by Crippen LogP contribution is -2.09. The Morgan fingerprint density at radius 3 is 2.90 bits per heavy atom. The lowest BCUT2D eigenvalue weighted by molar-refractivity contribution is 0.103. The number of ether oxygens (including phenoxy) is 2. The number of thiazole rings is 1. The zero-order valence-electron chi connectivity index (χ0n) is 11.7. The molecule has 0 bridgehead atoms. The SMILES string of the molecule is Cc1ncsc1CCOCCOc1cccc(CN)c1. The van der Waals surface area contributed by atoms with Gasteiger partial charge in [0.15, 0.2) is 0 Å². The number of aromatic nitrogens is 1. The van der Waals surface area contributed by atoms with Crippen molar-refractivity contribution < 1.29 is 9.47 Å². The maximum Gasteiger partial charge on any atom is 0.119 e. The van der Waals surface area contributed by atoms with E-state index in [0.29, 0.717) is 26.4 Å². The van der Waals surface area contributed by atoms with Crippen LogP contribution in [0, 0.1) is 6.92 Å². The molecule has 0 radical (unpaired) electrons. The summed E-state index contributed by atoms with van der Waals surface area (Å²) in [4.78, 5) is 5.51. The van der Waals surface area contributed by atoms with Crippen LogP contribution in [-0.4, -0.2) is 24.8 Å². The van der Waals surface area contributed by atoms with Crippen LogP contribution in [0.1, 0.15) is 16.1 Å². The topological polar surface area (TPSA) is 57.4 Å². The second kappa shape index (κ2) is 7.99. The highest BCUT2D eigenvalue weighted by molar-refractivity contribution is 7.09. The van der Waals surface area contributed by atoms with E-state index in [4.69, 9.17) is 15.2 Å². The Hall–Kier alpha value is -1.43. The van der Waals surface area contributed by atoms with E-state index in [9.17, 15) is 0 Å². The predicted octanol–water partition coefficient (Wildman–Crippen LogP) is 2.55. The first-order chi connectivity index (χ1) is 9.79. The molecule has 4 nitrogen and oxygen atoms in total. The van der Waals surface area contributed by atoms with Gasteiger partial charge in [0.25, 0.3) is 0 Å². The number of hydrogen-bond donors (Lipinski definition) is 1. The summed E-state index contributed by atoms with van der Waals surface area (Å²) in [6, 6.07) is 7.83. The van der Waals surface area contributed by atoms with Gasteiger partial charge in [0.1, 0.15) is 12.4 Å². The van der Waals surface area contributed by atoms with E-state index in [1.807, 2.05) is 36.7 Å². The number of rotatable bonds is 8. The first-order valence-corrected chi connectivity index (χ1v) is 7.56. The molecule has 1 heterocycles. The summed E-state index contributed by atoms with van der Waals surface area (Å²) in [6.45, 7) is 4.40. The molecule has 0 aliphatic heterocycles. The van der Waals surface area contributed by atoms with Gasteiger partial charge in [-0.15, -0.1) is 11.3 Å². The standard InChI is InChI=1S/C15H20N2O2S/c1-12-15(20-11-17-12)5-6-18-7-8-19-14-4-2-3-13(9-14)10-16/h2-4,9,11H,5-8,10,16H2,1H3. The molecule has 0 saturated heterocycles. The summed E-state index contributed by atoms with van der Waals surface area (Å²) in [5.41, 5.74) is 9.64. The monoisotopic (exact) mass is 292 g/mol. The van der Waals surface area contributed by atoms with Gasteiger partial charge in [0.05, 0.1) is 24.4 Å². The summed E-state index contributed by atoms with van der Waals surface area (Å²) < 4.78 is 11.2. The fourth-order valence-corrected chi connectivity index (χ4v) is 2.58. The highest BCUT2D eigenvalue weighted by Gasteiger charge is 2.01. The van der Waals surface area contributed by atoms with E-state index in [1.165, 1.54) is 4.88 Å². The minimum absolute atomic E-state index is 0.530. The van der Waals surface area contributed by atoms with E-state index >= 15 is 0 Å². The molecule has 2 rings (SSSR count). The summed E-state index contributed by atoms with van der Waals surface area (Å²) in [5, 5.41) is 0. The van der Waals surface area contributed by atoms with Gasteiger partial charge in [-0.1, -0.05) is 12.1 Å². The number of nitrogens with two attached hydrogens (primary N) is 1. The van der Waals surface area contributed by atoms with Crippen LogP contribution in [-0.2, 0) is 17.7 Å². The normalized spacial score (nSPS) is 10.7. The van der Waals surface area contributed by atoms with Gasteiger partial charge in [-0.2, -0.15) is 0 Å². The summed E-state index contributed by atoms with van der Waals surface area (Å²) in [7, 11) is 0. The van der Waals surface area contributed by atoms with Gasteiger partial charge in [-0.3, -0.25) is 0 Å². The van der Waals surface area contributed by atoms with Crippen LogP contribution >= 0.6 is 11.3 Å². The summed E-state index contributed by atoms with van der Waals surface area (Å²) >= 11 is 1.68. The molecular formula is C15H20N2O2S. The van der Waals surface area contributed by atoms with Crippen molar-refractivity contribution in [1.82, 2.24) is 4.98 Å². The van der Waals surface area contributed by atoms with Gasteiger partial charge >= 0.3 is 0 Å². The molecule has 20 heavy (non-hydrogen) atoms. The molecule has 0 atom stereocenters. The first kappa shape index (κ1) is 15.0. The average Bonchev–Trinajstić information content (AvgIpc) is 2.88. The maximum atomic E-state index is 5.62. The van der Waals surface area contributed by atoms with Crippen LogP contribution in [0.4, 0.5) is 0 Å². The second-order valence-electron chi connectivity index (χ2n) is 4.42. The first-order valence-electron chi connectivity index (χ1n) is 6.68. The minimum Gasteiger partial charge on any atom is -0.491 e. The number of nitrogens with zero attached hydrogens (tertiary/aromatic N) is 1. The molecule has 108 valence electrons. The van der Waals surface area contributed by atoms with Crippen LogP contribution in [0.15, 0.2) is 29.8 Å². The van der Waals surface area contributed by atoms with Crippen molar-refractivity contribution in [2.75, 3.05) is 19.8 Å². The van der Waals surface area contributed by atoms with Gasteiger partial charge in [0, 0.05) is 17.8 Å². The van der Waals surface area contributed by atoms with Gasteiger partial charge in [-0.05, 0) is 24.6 Å². The molecule has 0 spiro atoms. The van der Waals surface area contributed by atoms with Crippen molar-refractivity contribution >= 4 is 11.3 Å². The zero-order chi connectivity index (χ0) is 14.2. The van der Waals surface area contributed by atoms with Crippen LogP contribution in [0.3, 0.4) is 0 Å². The van der Waals surface area contributed by atoms with Crippen LogP contribution < -0.4 is 10.5 Å². The van der Waals surface area contributed by atoms with E-state index in [1.54, 1.807) is 11.3 Å². The van der Waals surface area contributed by atoms with E-state index in [-0.39, 0.29) is 0 Å². The zero-order valence-corrected chi connectivity index (χ0v) is 12.5. The van der Waals surface area contributed by atoms with Crippen molar-refractivity contribution in [1.29, 1.82) is 0 Å². The molecule has 5 heteroatoms. The van der Waals surface area contributed by atoms with Crippen LogP contribution in [0.2, 0.25) is 0 Å². The van der Waals surface area contributed by atoms with E-state index < -0.39 is 0 Å². The third-order valence-corrected chi connectivity index (χ3v) is 3.94. The Kier molecular flexibility index (Phi) is 5.98. The predicted molar refractivity (Wildman–Crippen MR) is 81.2 cm³/mol. The molecule has 0 aliphatic carbocycles. The molecule has 1 aromatic carbocycles. The van der Waals surface area contributed by atoms with Crippen LogP contribution in [0.5, 0.6) is 5.75 Å². The Morgan fingerprint density at radius 1 is 1.25 bits per heavy atom. The van der Waals surface area contributed by atoms with Crippen molar-refractivity contribution in [3.8, 4) is 5.75 Å². The maximum absolute atomic E-state index is 5.62. The third kappa shape index (κ3) is 4.59. The van der Waals surface area contributed by atoms with Crippen molar-refractivity contribution in [2.24, 2.45) is 5.73 Å². The quantitative estimate of drug-likeness (QED) is 0.760. The van der Waals surface area contributed by atoms with Gasteiger partial charge in [-0.25, -0.2) is 4.98 Å². The third-order valence-electron chi connectivity index (χ3n) is 2.95. The number of aryl methyl sites for hydroxylation is 1. The average molecular weight is 292 g/mol. The molecule has 0 saturated carbocycles. The fourth-order valence-electron chi connectivity index (χ4n) is 1.81.